The predicted octanol–water partition coefficient (Wildman–Crippen LogP) is 4.65. The summed E-state index contributed by atoms with van der Waals surface area (Å²) in [6.07, 6.45) is 5.28. The Balaban J connectivity index is 1.66. The summed E-state index contributed by atoms with van der Waals surface area (Å²) in [6, 6.07) is 14.0. The van der Waals surface area contributed by atoms with Crippen molar-refractivity contribution in [1.82, 2.24) is 15.4 Å². The van der Waals surface area contributed by atoms with Crippen LogP contribution in [0.1, 0.15) is 50.6 Å². The fraction of sp³-hybridized carbons (Fsp3) is 0.375. The fourth-order valence-electron chi connectivity index (χ4n) is 3.46. The molecule has 2 aromatic carbocycles. The van der Waals surface area contributed by atoms with Crippen molar-refractivity contribution in [3.05, 3.63) is 54.4 Å². The van der Waals surface area contributed by atoms with Gasteiger partial charge in [0.15, 0.2) is 11.5 Å². The number of unbranched alkanes of at least 4 members (excludes halogenated alkanes) is 3. The number of carbonyl (C=O) groups is 1. The molecule has 8 nitrogen and oxygen atoms in total. The number of aromatic nitrogens is 2. The molecule has 1 heterocycles. The van der Waals surface area contributed by atoms with Gasteiger partial charge in [0.1, 0.15) is 12.1 Å². The zero-order valence-electron chi connectivity index (χ0n) is 18.5. The lowest BCUT2D eigenvalue weighted by Gasteiger charge is -2.17. The molecule has 3 aromatic rings. The van der Waals surface area contributed by atoms with Gasteiger partial charge < -0.3 is 14.8 Å². The van der Waals surface area contributed by atoms with E-state index in [2.05, 4.69) is 34.3 Å². The zero-order chi connectivity index (χ0) is 22.8. The van der Waals surface area contributed by atoms with Crippen LogP contribution in [0.15, 0.2) is 48.8 Å². The third-order valence-electron chi connectivity index (χ3n) is 5.25. The molecular weight excluding hydrogens is 408 g/mol. The Bertz CT molecular complexity index is 1010. The molecule has 1 atom stereocenters. The molecule has 0 aliphatic carbocycles. The van der Waals surface area contributed by atoms with Crippen LogP contribution >= 0.6 is 0 Å². The SMILES string of the molecule is COc1cc2ncnc(NC(C)c3ccccc3)c2cc1OCCCCCCC(=O)NO. The van der Waals surface area contributed by atoms with Crippen molar-refractivity contribution in [2.75, 3.05) is 19.0 Å². The highest BCUT2D eigenvalue weighted by atomic mass is 16.5. The third kappa shape index (κ3) is 6.31. The van der Waals surface area contributed by atoms with Crippen LogP contribution < -0.4 is 20.3 Å². The van der Waals surface area contributed by atoms with Gasteiger partial charge in [-0.2, -0.15) is 0 Å². The van der Waals surface area contributed by atoms with Crippen LogP contribution in [0.3, 0.4) is 0 Å². The second kappa shape index (κ2) is 11.9. The summed E-state index contributed by atoms with van der Waals surface area (Å²) in [5, 5.41) is 12.8. The number of hydrogen-bond acceptors (Lipinski definition) is 7. The number of nitrogens with one attached hydrogen (secondary N) is 2. The van der Waals surface area contributed by atoms with Gasteiger partial charge in [-0.3, -0.25) is 10.0 Å². The van der Waals surface area contributed by atoms with E-state index in [0.717, 1.165) is 42.4 Å². The average Bonchev–Trinajstić information content (AvgIpc) is 2.83. The molecule has 0 bridgehead atoms. The number of carbonyl (C=O) groups excluding carboxylic acids is 1. The minimum Gasteiger partial charge on any atom is -0.493 e. The first-order chi connectivity index (χ1) is 15.6. The Morgan fingerprint density at radius 1 is 1.06 bits per heavy atom. The second-order valence-electron chi connectivity index (χ2n) is 7.57. The molecule has 0 saturated heterocycles. The minimum atomic E-state index is -0.352. The summed E-state index contributed by atoms with van der Waals surface area (Å²) in [6.45, 7) is 2.62. The van der Waals surface area contributed by atoms with Gasteiger partial charge in [-0.1, -0.05) is 43.2 Å². The lowest BCUT2D eigenvalue weighted by molar-refractivity contribution is -0.129. The normalized spacial score (nSPS) is 11.7. The van der Waals surface area contributed by atoms with Crippen LogP contribution in [0.25, 0.3) is 10.9 Å². The lowest BCUT2D eigenvalue weighted by atomic mass is 10.1. The molecule has 1 unspecified atom stereocenters. The Morgan fingerprint density at radius 2 is 1.84 bits per heavy atom. The molecular formula is C24H30N4O4. The summed E-state index contributed by atoms with van der Waals surface area (Å²) >= 11 is 0. The number of methoxy groups -OCH3 is 1. The summed E-state index contributed by atoms with van der Waals surface area (Å²) < 4.78 is 11.5. The summed E-state index contributed by atoms with van der Waals surface area (Å²) in [5.41, 5.74) is 3.59. The maximum atomic E-state index is 11.0. The smallest absolute Gasteiger partial charge is 0.243 e. The van der Waals surface area contributed by atoms with Gasteiger partial charge in [0, 0.05) is 23.9 Å². The number of hydroxylamine groups is 1. The number of hydrogen-bond donors (Lipinski definition) is 3. The molecule has 3 N–H and O–H groups in total. The molecule has 3 rings (SSSR count). The number of ether oxygens (including phenoxy) is 2. The molecule has 170 valence electrons. The summed E-state index contributed by atoms with van der Waals surface area (Å²) in [7, 11) is 1.61. The van der Waals surface area contributed by atoms with Crippen molar-refractivity contribution < 1.29 is 19.5 Å². The molecule has 1 amide bonds. The van der Waals surface area contributed by atoms with E-state index in [1.807, 2.05) is 30.3 Å². The van der Waals surface area contributed by atoms with E-state index in [4.69, 9.17) is 14.7 Å². The number of anilines is 1. The maximum Gasteiger partial charge on any atom is 0.243 e. The number of benzene rings is 2. The van der Waals surface area contributed by atoms with Gasteiger partial charge in [0.2, 0.25) is 5.91 Å². The van der Waals surface area contributed by atoms with Crippen molar-refractivity contribution >= 4 is 22.6 Å². The van der Waals surface area contributed by atoms with Crippen molar-refractivity contribution in [3.8, 4) is 11.5 Å². The monoisotopic (exact) mass is 438 g/mol. The van der Waals surface area contributed by atoms with E-state index in [9.17, 15) is 4.79 Å². The first-order valence-electron chi connectivity index (χ1n) is 10.8. The molecule has 8 heteroatoms. The number of amides is 1. The second-order valence-corrected chi connectivity index (χ2v) is 7.57. The Hall–Kier alpha value is -3.39. The van der Waals surface area contributed by atoms with Gasteiger partial charge in [-0.15, -0.1) is 0 Å². The quantitative estimate of drug-likeness (QED) is 0.215. The first kappa shape index (κ1) is 23.3. The number of nitrogens with zero attached hydrogens (tertiary/aromatic N) is 2. The van der Waals surface area contributed by atoms with Crippen molar-refractivity contribution in [2.24, 2.45) is 0 Å². The summed E-state index contributed by atoms with van der Waals surface area (Å²) in [5.74, 6) is 1.65. The Kier molecular flexibility index (Phi) is 8.62. The van der Waals surface area contributed by atoms with Crippen molar-refractivity contribution in [1.29, 1.82) is 0 Å². The van der Waals surface area contributed by atoms with Crippen LogP contribution in [-0.4, -0.2) is 34.8 Å². The standard InChI is InChI=1S/C24H30N4O4/c1-17(18-10-6-5-7-11-18)27-24-19-14-22(21(31-2)15-20(19)25-16-26-24)32-13-9-4-3-8-12-23(29)28-30/h5-7,10-11,14-17,30H,3-4,8-9,12-13H2,1-2H3,(H,28,29)(H,25,26,27). The maximum absolute atomic E-state index is 11.0. The Morgan fingerprint density at radius 3 is 2.59 bits per heavy atom. The van der Waals surface area contributed by atoms with Crippen LogP contribution in [0.4, 0.5) is 5.82 Å². The van der Waals surface area contributed by atoms with Gasteiger partial charge >= 0.3 is 0 Å². The molecule has 32 heavy (non-hydrogen) atoms. The highest BCUT2D eigenvalue weighted by Crippen LogP contribution is 2.35. The largest absolute Gasteiger partial charge is 0.493 e. The van der Waals surface area contributed by atoms with E-state index in [-0.39, 0.29) is 11.9 Å². The van der Waals surface area contributed by atoms with Crippen LogP contribution in [0.5, 0.6) is 11.5 Å². The highest BCUT2D eigenvalue weighted by Gasteiger charge is 2.14. The Labute approximate surface area is 187 Å². The van der Waals surface area contributed by atoms with Crippen LogP contribution in [0, 0.1) is 0 Å². The average molecular weight is 439 g/mol. The molecule has 0 aliphatic rings. The van der Waals surface area contributed by atoms with Gasteiger partial charge in [0.05, 0.1) is 19.2 Å². The number of fused-ring (bicyclic) bond motifs is 1. The third-order valence-corrected chi connectivity index (χ3v) is 5.25. The van der Waals surface area contributed by atoms with E-state index in [0.29, 0.717) is 24.5 Å². The van der Waals surface area contributed by atoms with E-state index in [1.54, 1.807) is 18.9 Å². The molecule has 0 radical (unpaired) electrons. The van der Waals surface area contributed by atoms with Gasteiger partial charge in [-0.25, -0.2) is 15.4 Å². The van der Waals surface area contributed by atoms with E-state index >= 15 is 0 Å². The fourth-order valence-corrected chi connectivity index (χ4v) is 3.46. The number of rotatable bonds is 12. The predicted molar refractivity (Wildman–Crippen MR) is 123 cm³/mol. The van der Waals surface area contributed by atoms with Crippen molar-refractivity contribution in [3.63, 3.8) is 0 Å². The molecule has 1 aromatic heterocycles. The minimum absolute atomic E-state index is 0.0775. The van der Waals surface area contributed by atoms with Crippen LogP contribution in [0.2, 0.25) is 0 Å². The van der Waals surface area contributed by atoms with Gasteiger partial charge in [-0.05, 0) is 31.4 Å². The zero-order valence-corrected chi connectivity index (χ0v) is 18.5. The van der Waals surface area contributed by atoms with E-state index in [1.165, 1.54) is 5.56 Å². The van der Waals surface area contributed by atoms with Crippen molar-refractivity contribution in [2.45, 2.75) is 45.1 Å². The molecule has 0 aliphatic heterocycles. The first-order valence-corrected chi connectivity index (χ1v) is 10.8. The molecule has 0 spiro atoms. The molecule has 0 saturated carbocycles. The highest BCUT2D eigenvalue weighted by molar-refractivity contribution is 5.91. The summed E-state index contributed by atoms with van der Waals surface area (Å²) in [4.78, 5) is 19.9. The van der Waals surface area contributed by atoms with Crippen LogP contribution in [-0.2, 0) is 4.79 Å². The lowest BCUT2D eigenvalue weighted by Crippen LogP contribution is -2.17. The van der Waals surface area contributed by atoms with E-state index < -0.39 is 0 Å². The molecule has 0 fully saturated rings. The topological polar surface area (TPSA) is 106 Å². The van der Waals surface area contributed by atoms with Gasteiger partial charge in [0.25, 0.3) is 0 Å².